The number of ether oxygens (including phenoxy) is 2. The highest BCUT2D eigenvalue weighted by Gasteiger charge is 2.10. The lowest BCUT2D eigenvalue weighted by atomic mass is 10.0. The molecule has 0 saturated carbocycles. The Morgan fingerprint density at radius 3 is 2.42 bits per heavy atom. The van der Waals surface area contributed by atoms with E-state index in [4.69, 9.17) is 15.3 Å². The minimum absolute atomic E-state index is 0.510. The molecule has 0 aliphatic heterocycles. The number of methoxy groups -OCH3 is 2. The Hall–Kier alpha value is -2.34. The summed E-state index contributed by atoms with van der Waals surface area (Å²) in [5.41, 5.74) is 5.19. The SMILES string of the molecule is COc1ccc(-c2cc(NN)nnc2C)cc1OC. The molecule has 0 unspecified atom stereocenters. The molecule has 6 heteroatoms. The maximum atomic E-state index is 5.35. The Morgan fingerprint density at radius 2 is 1.79 bits per heavy atom. The minimum atomic E-state index is 0.510. The molecule has 0 amide bonds. The first kappa shape index (κ1) is 13.1. The third-order valence-electron chi connectivity index (χ3n) is 2.82. The number of anilines is 1. The van der Waals surface area contributed by atoms with Crippen LogP contribution in [0.15, 0.2) is 24.3 Å². The summed E-state index contributed by atoms with van der Waals surface area (Å²) in [5, 5.41) is 7.98. The summed E-state index contributed by atoms with van der Waals surface area (Å²) >= 11 is 0. The van der Waals surface area contributed by atoms with Crippen molar-refractivity contribution in [2.45, 2.75) is 6.92 Å². The Balaban J connectivity index is 2.52. The maximum absolute atomic E-state index is 5.35. The lowest BCUT2D eigenvalue weighted by Gasteiger charge is -2.11. The Labute approximate surface area is 111 Å². The highest BCUT2D eigenvalue weighted by Crippen LogP contribution is 2.33. The number of nitrogen functional groups attached to an aromatic ring is 1. The van der Waals surface area contributed by atoms with E-state index in [-0.39, 0.29) is 0 Å². The summed E-state index contributed by atoms with van der Waals surface area (Å²) < 4.78 is 10.5. The predicted molar refractivity (Wildman–Crippen MR) is 73.1 cm³/mol. The number of nitrogens with zero attached hydrogens (tertiary/aromatic N) is 2. The van der Waals surface area contributed by atoms with Crippen LogP contribution in [-0.4, -0.2) is 24.4 Å². The van der Waals surface area contributed by atoms with Crippen LogP contribution in [0.5, 0.6) is 11.5 Å². The van der Waals surface area contributed by atoms with Crippen LogP contribution in [0.1, 0.15) is 5.69 Å². The van der Waals surface area contributed by atoms with Gasteiger partial charge in [-0.25, -0.2) is 5.84 Å². The Bertz CT molecular complexity index is 587. The number of hydrazine groups is 1. The zero-order chi connectivity index (χ0) is 13.8. The summed E-state index contributed by atoms with van der Waals surface area (Å²) in [5.74, 6) is 7.21. The second-order valence-corrected chi connectivity index (χ2v) is 3.94. The smallest absolute Gasteiger partial charge is 0.163 e. The van der Waals surface area contributed by atoms with Crippen LogP contribution in [-0.2, 0) is 0 Å². The van der Waals surface area contributed by atoms with E-state index in [9.17, 15) is 0 Å². The molecule has 2 aromatic rings. The molecule has 0 radical (unpaired) electrons. The lowest BCUT2D eigenvalue weighted by Crippen LogP contribution is -2.09. The third kappa shape index (κ3) is 2.58. The van der Waals surface area contributed by atoms with Crippen LogP contribution in [0.25, 0.3) is 11.1 Å². The second kappa shape index (κ2) is 5.53. The van der Waals surface area contributed by atoms with Crippen molar-refractivity contribution in [2.24, 2.45) is 5.84 Å². The van der Waals surface area contributed by atoms with Crippen LogP contribution in [0, 0.1) is 6.92 Å². The topological polar surface area (TPSA) is 82.3 Å². The molecule has 0 fully saturated rings. The van der Waals surface area contributed by atoms with Crippen LogP contribution < -0.4 is 20.7 Å². The number of hydrogen-bond donors (Lipinski definition) is 2. The highest BCUT2D eigenvalue weighted by atomic mass is 16.5. The van der Waals surface area contributed by atoms with Gasteiger partial charge in [0.15, 0.2) is 17.3 Å². The van der Waals surface area contributed by atoms with Gasteiger partial charge in [-0.05, 0) is 30.7 Å². The molecular formula is C13H16N4O2. The van der Waals surface area contributed by atoms with Crippen LogP contribution >= 0.6 is 0 Å². The number of benzene rings is 1. The van der Waals surface area contributed by atoms with Crippen molar-refractivity contribution in [3.8, 4) is 22.6 Å². The number of aromatic nitrogens is 2. The molecule has 0 saturated heterocycles. The van der Waals surface area contributed by atoms with Gasteiger partial charge in [-0.3, -0.25) is 0 Å². The van der Waals surface area contributed by atoms with E-state index < -0.39 is 0 Å². The van der Waals surface area contributed by atoms with E-state index in [0.717, 1.165) is 16.8 Å². The van der Waals surface area contributed by atoms with E-state index in [1.807, 2.05) is 31.2 Å². The normalized spacial score (nSPS) is 10.1. The fourth-order valence-corrected chi connectivity index (χ4v) is 1.82. The highest BCUT2D eigenvalue weighted by molar-refractivity contribution is 5.71. The van der Waals surface area contributed by atoms with Gasteiger partial charge >= 0.3 is 0 Å². The maximum Gasteiger partial charge on any atom is 0.163 e. The molecule has 6 nitrogen and oxygen atoms in total. The monoisotopic (exact) mass is 260 g/mol. The van der Waals surface area contributed by atoms with Gasteiger partial charge in [-0.1, -0.05) is 6.07 Å². The summed E-state index contributed by atoms with van der Waals surface area (Å²) in [6.07, 6.45) is 0. The molecule has 1 aromatic heterocycles. The molecule has 0 atom stereocenters. The van der Waals surface area contributed by atoms with Crippen molar-refractivity contribution in [2.75, 3.05) is 19.6 Å². The molecule has 100 valence electrons. The van der Waals surface area contributed by atoms with Gasteiger partial charge in [-0.15, -0.1) is 5.10 Å². The van der Waals surface area contributed by atoms with Gasteiger partial charge in [0, 0.05) is 5.56 Å². The van der Waals surface area contributed by atoms with E-state index >= 15 is 0 Å². The first-order valence-corrected chi connectivity index (χ1v) is 5.73. The number of aryl methyl sites for hydroxylation is 1. The van der Waals surface area contributed by atoms with Gasteiger partial charge in [-0.2, -0.15) is 5.10 Å². The lowest BCUT2D eigenvalue weighted by molar-refractivity contribution is 0.355. The molecule has 0 aliphatic carbocycles. The van der Waals surface area contributed by atoms with Crippen LogP contribution in [0.2, 0.25) is 0 Å². The predicted octanol–water partition coefficient (Wildman–Crippen LogP) is 1.75. The van der Waals surface area contributed by atoms with Crippen molar-refractivity contribution in [3.05, 3.63) is 30.0 Å². The van der Waals surface area contributed by atoms with E-state index in [1.54, 1.807) is 14.2 Å². The van der Waals surface area contributed by atoms with Crippen LogP contribution in [0.3, 0.4) is 0 Å². The largest absolute Gasteiger partial charge is 0.493 e. The van der Waals surface area contributed by atoms with Crippen molar-refractivity contribution in [1.82, 2.24) is 10.2 Å². The summed E-state index contributed by atoms with van der Waals surface area (Å²) in [6.45, 7) is 1.89. The number of rotatable bonds is 4. The fourth-order valence-electron chi connectivity index (χ4n) is 1.82. The fraction of sp³-hybridized carbons (Fsp3) is 0.231. The molecule has 1 heterocycles. The molecule has 2 rings (SSSR count). The molecular weight excluding hydrogens is 244 g/mol. The Morgan fingerprint density at radius 1 is 1.05 bits per heavy atom. The number of hydrogen-bond acceptors (Lipinski definition) is 6. The first-order valence-electron chi connectivity index (χ1n) is 5.73. The third-order valence-corrected chi connectivity index (χ3v) is 2.82. The van der Waals surface area contributed by atoms with Gasteiger partial charge in [0.05, 0.1) is 19.9 Å². The zero-order valence-corrected chi connectivity index (χ0v) is 11.1. The Kier molecular flexibility index (Phi) is 3.82. The first-order chi connectivity index (χ1) is 9.19. The average molecular weight is 260 g/mol. The van der Waals surface area contributed by atoms with Gasteiger partial charge in [0.2, 0.25) is 0 Å². The van der Waals surface area contributed by atoms with Gasteiger partial charge in [0.25, 0.3) is 0 Å². The van der Waals surface area contributed by atoms with Crippen molar-refractivity contribution < 1.29 is 9.47 Å². The van der Waals surface area contributed by atoms with Crippen molar-refractivity contribution in [3.63, 3.8) is 0 Å². The number of nitrogens with two attached hydrogens (primary N) is 1. The summed E-state index contributed by atoms with van der Waals surface area (Å²) in [6, 6.07) is 7.52. The summed E-state index contributed by atoms with van der Waals surface area (Å²) in [7, 11) is 3.21. The van der Waals surface area contributed by atoms with Gasteiger partial charge in [0.1, 0.15) is 0 Å². The molecule has 19 heavy (non-hydrogen) atoms. The van der Waals surface area contributed by atoms with Crippen LogP contribution in [0.4, 0.5) is 5.82 Å². The standard InChI is InChI=1S/C13H16N4O2/c1-8-10(7-13(15-14)17-16-8)9-4-5-11(18-2)12(6-9)19-3/h4-7H,14H2,1-3H3,(H,15,17). The molecule has 0 spiro atoms. The quantitative estimate of drug-likeness (QED) is 0.644. The van der Waals surface area contributed by atoms with Crippen molar-refractivity contribution >= 4 is 5.82 Å². The molecule has 0 aliphatic rings. The van der Waals surface area contributed by atoms with E-state index in [2.05, 4.69) is 15.6 Å². The molecule has 3 N–H and O–H groups in total. The van der Waals surface area contributed by atoms with E-state index in [1.165, 1.54) is 0 Å². The van der Waals surface area contributed by atoms with E-state index in [0.29, 0.717) is 17.3 Å². The average Bonchev–Trinajstić information content (AvgIpc) is 2.47. The zero-order valence-electron chi connectivity index (χ0n) is 11.1. The number of nitrogens with one attached hydrogen (secondary N) is 1. The minimum Gasteiger partial charge on any atom is -0.493 e. The molecule has 1 aromatic carbocycles. The summed E-state index contributed by atoms with van der Waals surface area (Å²) in [4.78, 5) is 0. The van der Waals surface area contributed by atoms with Crippen molar-refractivity contribution in [1.29, 1.82) is 0 Å². The molecule has 0 bridgehead atoms. The van der Waals surface area contributed by atoms with Gasteiger partial charge < -0.3 is 14.9 Å². The second-order valence-electron chi connectivity index (χ2n) is 3.94.